The normalized spacial score (nSPS) is 15.6. The van der Waals surface area contributed by atoms with Gasteiger partial charge in [-0.2, -0.15) is 5.10 Å². The number of aryl methyl sites for hydroxylation is 1. The SMILES string of the molecule is COc1cc(C2SCC(=O)Nc3c2c(C)nn3-c2ccccc2Cl)cc(OC)c1OC. The highest BCUT2D eigenvalue weighted by atomic mass is 35.5. The van der Waals surface area contributed by atoms with Crippen LogP contribution in [-0.4, -0.2) is 42.8 Å². The van der Waals surface area contributed by atoms with Gasteiger partial charge < -0.3 is 19.5 Å². The van der Waals surface area contributed by atoms with Gasteiger partial charge in [-0.25, -0.2) is 4.68 Å². The lowest BCUT2D eigenvalue weighted by atomic mass is 10.0. The molecule has 1 amide bonds. The average molecular weight is 460 g/mol. The van der Waals surface area contributed by atoms with Crippen molar-refractivity contribution >= 4 is 35.1 Å². The lowest BCUT2D eigenvalue weighted by molar-refractivity contribution is -0.113. The number of aromatic nitrogens is 2. The molecule has 9 heteroatoms. The second-order valence-corrected chi connectivity index (χ2v) is 8.41. The van der Waals surface area contributed by atoms with Crippen molar-refractivity contribution < 1.29 is 19.0 Å². The van der Waals surface area contributed by atoms with Crippen LogP contribution in [0, 0.1) is 6.92 Å². The molecule has 0 fully saturated rings. The number of rotatable bonds is 5. The highest BCUT2D eigenvalue weighted by Crippen LogP contribution is 2.48. The maximum Gasteiger partial charge on any atom is 0.235 e. The molecule has 2 heterocycles. The van der Waals surface area contributed by atoms with Crippen LogP contribution in [0.2, 0.25) is 5.02 Å². The van der Waals surface area contributed by atoms with Gasteiger partial charge in [-0.1, -0.05) is 23.7 Å². The summed E-state index contributed by atoms with van der Waals surface area (Å²) >= 11 is 7.94. The summed E-state index contributed by atoms with van der Waals surface area (Å²) in [5, 5.41) is 8.09. The molecule has 31 heavy (non-hydrogen) atoms. The zero-order valence-electron chi connectivity index (χ0n) is 17.6. The minimum Gasteiger partial charge on any atom is -0.493 e. The Morgan fingerprint density at radius 2 is 1.81 bits per heavy atom. The van der Waals surface area contributed by atoms with Crippen molar-refractivity contribution in [3.05, 3.63) is 58.2 Å². The Bertz CT molecular complexity index is 1120. The quantitative estimate of drug-likeness (QED) is 0.599. The lowest BCUT2D eigenvalue weighted by Crippen LogP contribution is -2.16. The van der Waals surface area contributed by atoms with Gasteiger partial charge in [0.15, 0.2) is 11.5 Å². The topological polar surface area (TPSA) is 74.6 Å². The molecule has 4 rings (SSSR count). The lowest BCUT2D eigenvalue weighted by Gasteiger charge is -2.19. The number of halogens is 1. The molecular formula is C22H22ClN3O4S. The molecule has 162 valence electrons. The smallest absolute Gasteiger partial charge is 0.235 e. The largest absolute Gasteiger partial charge is 0.493 e. The number of benzene rings is 2. The van der Waals surface area contributed by atoms with Gasteiger partial charge in [0.2, 0.25) is 11.7 Å². The van der Waals surface area contributed by atoms with Crippen LogP contribution in [0.15, 0.2) is 36.4 Å². The number of nitrogens with one attached hydrogen (secondary N) is 1. The van der Waals surface area contributed by atoms with Gasteiger partial charge >= 0.3 is 0 Å². The Labute approximate surface area is 189 Å². The van der Waals surface area contributed by atoms with Crippen molar-refractivity contribution in [3.63, 3.8) is 0 Å². The molecule has 3 aromatic rings. The van der Waals surface area contributed by atoms with Crippen LogP contribution in [0.5, 0.6) is 17.2 Å². The molecule has 1 unspecified atom stereocenters. The van der Waals surface area contributed by atoms with E-state index in [1.165, 1.54) is 11.8 Å². The van der Waals surface area contributed by atoms with Crippen LogP contribution in [0.3, 0.4) is 0 Å². The van der Waals surface area contributed by atoms with E-state index in [1.54, 1.807) is 32.1 Å². The zero-order valence-corrected chi connectivity index (χ0v) is 19.1. The molecule has 7 nitrogen and oxygen atoms in total. The Morgan fingerprint density at radius 3 is 2.42 bits per heavy atom. The second kappa shape index (κ2) is 8.72. The molecule has 1 aliphatic rings. The number of hydrogen-bond donors (Lipinski definition) is 1. The molecular weight excluding hydrogens is 438 g/mol. The highest BCUT2D eigenvalue weighted by Gasteiger charge is 2.32. The molecule has 0 aliphatic carbocycles. The molecule has 0 bridgehead atoms. The van der Waals surface area contributed by atoms with E-state index in [-0.39, 0.29) is 16.9 Å². The number of carbonyl (C=O) groups excluding carboxylic acids is 1. The van der Waals surface area contributed by atoms with Crippen LogP contribution in [0.4, 0.5) is 5.82 Å². The Balaban J connectivity index is 1.92. The molecule has 1 aliphatic heterocycles. The number of anilines is 1. The molecule has 1 atom stereocenters. The van der Waals surface area contributed by atoms with Gasteiger partial charge in [-0.15, -0.1) is 11.8 Å². The van der Waals surface area contributed by atoms with Crippen LogP contribution in [0.1, 0.15) is 22.1 Å². The van der Waals surface area contributed by atoms with Gasteiger partial charge in [0, 0.05) is 5.56 Å². The Morgan fingerprint density at radius 1 is 1.13 bits per heavy atom. The van der Waals surface area contributed by atoms with Crippen LogP contribution >= 0.6 is 23.4 Å². The zero-order chi connectivity index (χ0) is 22.1. The summed E-state index contributed by atoms with van der Waals surface area (Å²) in [6.07, 6.45) is 0. The summed E-state index contributed by atoms with van der Waals surface area (Å²) < 4.78 is 18.2. The maximum absolute atomic E-state index is 12.6. The fraction of sp³-hybridized carbons (Fsp3) is 0.273. The van der Waals surface area contributed by atoms with Crippen LogP contribution in [0.25, 0.3) is 5.69 Å². The first kappa shape index (κ1) is 21.4. The van der Waals surface area contributed by atoms with Crippen molar-refractivity contribution in [1.82, 2.24) is 9.78 Å². The average Bonchev–Trinajstić information content (AvgIpc) is 2.97. The number of hydrogen-bond acceptors (Lipinski definition) is 6. The Kier molecular flexibility index (Phi) is 6.02. The molecule has 0 spiro atoms. The Hall–Kier alpha value is -2.84. The van der Waals surface area contributed by atoms with E-state index in [0.29, 0.717) is 33.8 Å². The number of thioether (sulfide) groups is 1. The monoisotopic (exact) mass is 459 g/mol. The van der Waals surface area contributed by atoms with E-state index in [9.17, 15) is 4.79 Å². The highest BCUT2D eigenvalue weighted by molar-refractivity contribution is 8.00. The number of nitrogens with zero attached hydrogens (tertiary/aromatic N) is 2. The summed E-state index contributed by atoms with van der Waals surface area (Å²) in [4.78, 5) is 12.6. The summed E-state index contributed by atoms with van der Waals surface area (Å²) in [6, 6.07) is 11.2. The predicted octanol–water partition coefficient (Wildman–Crippen LogP) is 4.63. The number of carbonyl (C=O) groups is 1. The number of ether oxygens (including phenoxy) is 3. The van der Waals surface area contributed by atoms with E-state index in [4.69, 9.17) is 30.9 Å². The van der Waals surface area contributed by atoms with Crippen molar-refractivity contribution in [2.45, 2.75) is 12.2 Å². The van der Waals surface area contributed by atoms with E-state index in [2.05, 4.69) is 5.32 Å². The molecule has 0 saturated heterocycles. The first-order valence-corrected chi connectivity index (χ1v) is 11.0. The number of methoxy groups -OCH3 is 3. The minimum atomic E-state index is -0.182. The number of fused-ring (bicyclic) bond motifs is 1. The fourth-order valence-electron chi connectivity index (χ4n) is 3.70. The predicted molar refractivity (Wildman–Crippen MR) is 122 cm³/mol. The molecule has 2 aromatic carbocycles. The van der Waals surface area contributed by atoms with E-state index < -0.39 is 0 Å². The maximum atomic E-state index is 12.6. The molecule has 0 radical (unpaired) electrons. The first-order valence-electron chi connectivity index (χ1n) is 9.54. The van der Waals surface area contributed by atoms with E-state index in [1.807, 2.05) is 37.3 Å². The summed E-state index contributed by atoms with van der Waals surface area (Å²) in [5.41, 5.74) is 3.32. The van der Waals surface area contributed by atoms with Gasteiger partial charge in [0.25, 0.3) is 0 Å². The van der Waals surface area contributed by atoms with Gasteiger partial charge in [-0.05, 0) is 36.8 Å². The summed E-state index contributed by atoms with van der Waals surface area (Å²) in [7, 11) is 4.73. The van der Waals surface area contributed by atoms with Crippen molar-refractivity contribution in [1.29, 1.82) is 0 Å². The van der Waals surface area contributed by atoms with Crippen LogP contribution in [-0.2, 0) is 4.79 Å². The van der Waals surface area contributed by atoms with E-state index in [0.717, 1.165) is 16.8 Å². The number of para-hydroxylation sites is 1. The number of amides is 1. The minimum absolute atomic E-state index is 0.102. The third-order valence-corrected chi connectivity index (χ3v) is 6.67. The molecule has 1 N–H and O–H groups in total. The second-order valence-electron chi connectivity index (χ2n) is 6.91. The van der Waals surface area contributed by atoms with E-state index >= 15 is 0 Å². The summed E-state index contributed by atoms with van der Waals surface area (Å²) in [5.74, 6) is 2.43. The van der Waals surface area contributed by atoms with Crippen molar-refractivity contribution in [2.75, 3.05) is 32.4 Å². The van der Waals surface area contributed by atoms with Gasteiger partial charge in [0.05, 0.1) is 48.7 Å². The van der Waals surface area contributed by atoms with Crippen molar-refractivity contribution in [3.8, 4) is 22.9 Å². The summed E-state index contributed by atoms with van der Waals surface area (Å²) in [6.45, 7) is 1.93. The van der Waals surface area contributed by atoms with Crippen LogP contribution < -0.4 is 19.5 Å². The fourth-order valence-corrected chi connectivity index (χ4v) is 5.08. The van der Waals surface area contributed by atoms with Gasteiger partial charge in [-0.3, -0.25) is 4.79 Å². The third kappa shape index (κ3) is 3.81. The van der Waals surface area contributed by atoms with Crippen molar-refractivity contribution in [2.24, 2.45) is 0 Å². The van der Waals surface area contributed by atoms with Gasteiger partial charge in [0.1, 0.15) is 5.82 Å². The molecule has 1 aromatic heterocycles. The third-order valence-electron chi connectivity index (χ3n) is 5.08. The standard InChI is InChI=1S/C22H22ClN3O4S/c1-12-19-21(13-9-16(28-2)20(30-4)17(10-13)29-3)31-11-18(27)24-22(19)26(25-12)15-8-6-5-7-14(15)23/h5-10,21H,11H2,1-4H3,(H,24,27). The first-order chi connectivity index (χ1) is 15.0. The molecule has 0 saturated carbocycles.